The van der Waals surface area contributed by atoms with E-state index in [2.05, 4.69) is 5.32 Å². The molecule has 0 radical (unpaired) electrons. The number of carbonyl (C=O) groups is 1. The Labute approximate surface area is 138 Å². The summed E-state index contributed by atoms with van der Waals surface area (Å²) < 4.78 is 43.5. The number of hydrogen-bond acceptors (Lipinski definition) is 3. The summed E-state index contributed by atoms with van der Waals surface area (Å²) >= 11 is 0. The highest BCUT2D eigenvalue weighted by molar-refractivity contribution is 5.89. The molecule has 2 amide bonds. The lowest BCUT2D eigenvalue weighted by molar-refractivity contribution is -0.271. The van der Waals surface area contributed by atoms with Crippen molar-refractivity contribution in [2.75, 3.05) is 25.5 Å². The summed E-state index contributed by atoms with van der Waals surface area (Å²) in [5.74, 6) is 0. The van der Waals surface area contributed by atoms with Crippen LogP contribution in [0.3, 0.4) is 0 Å². The number of anilines is 1. The average Bonchev–Trinajstić information content (AvgIpc) is 2.54. The lowest BCUT2D eigenvalue weighted by Crippen LogP contribution is -2.55. The zero-order valence-electron chi connectivity index (χ0n) is 13.6. The van der Waals surface area contributed by atoms with Gasteiger partial charge in [-0.15, -0.1) is 0 Å². The van der Waals surface area contributed by atoms with Crippen molar-refractivity contribution in [1.82, 2.24) is 4.90 Å². The van der Waals surface area contributed by atoms with Crippen molar-refractivity contribution in [3.8, 4) is 0 Å². The van der Waals surface area contributed by atoms with Crippen LogP contribution in [0.2, 0.25) is 0 Å². The number of halogens is 3. The first-order valence-corrected chi connectivity index (χ1v) is 7.64. The van der Waals surface area contributed by atoms with Crippen LogP contribution in [-0.4, -0.2) is 48.0 Å². The first kappa shape index (κ1) is 18.5. The molecular formula is C16H21F3N2O3. The van der Waals surface area contributed by atoms with E-state index in [9.17, 15) is 23.1 Å². The number of urea groups is 1. The number of hydrogen-bond donors (Lipinski definition) is 2. The number of nitrogens with one attached hydrogen (secondary N) is 1. The highest BCUT2D eigenvalue weighted by Gasteiger charge is 2.54. The lowest BCUT2D eigenvalue weighted by atomic mass is 9.91. The third-order valence-electron chi connectivity index (χ3n) is 4.37. The third-order valence-corrected chi connectivity index (χ3v) is 4.37. The Bertz CT molecular complexity index is 584. The second-order valence-corrected chi connectivity index (χ2v) is 5.95. The summed E-state index contributed by atoms with van der Waals surface area (Å²) in [6, 6.07) is 6.58. The number of carbonyl (C=O) groups excluding carboxylic acids is 1. The van der Waals surface area contributed by atoms with Gasteiger partial charge in [0.25, 0.3) is 0 Å². The summed E-state index contributed by atoms with van der Waals surface area (Å²) in [6.07, 6.45) is -5.87. The Morgan fingerprint density at radius 2 is 2.00 bits per heavy atom. The molecule has 2 rings (SSSR count). The maximum Gasteiger partial charge on any atom is 0.417 e. The van der Waals surface area contributed by atoms with E-state index in [1.165, 1.54) is 4.90 Å². The van der Waals surface area contributed by atoms with E-state index in [1.807, 2.05) is 13.0 Å². The summed E-state index contributed by atoms with van der Waals surface area (Å²) in [4.78, 5) is 13.5. The number of benzene rings is 1. The van der Waals surface area contributed by atoms with E-state index in [0.29, 0.717) is 5.69 Å². The molecule has 134 valence electrons. The van der Waals surface area contributed by atoms with Crippen LogP contribution in [-0.2, 0) is 4.74 Å². The topological polar surface area (TPSA) is 61.8 Å². The molecule has 0 bridgehead atoms. The molecule has 1 saturated heterocycles. The maximum atomic E-state index is 12.8. The fraction of sp³-hybridized carbons (Fsp3) is 0.562. The van der Waals surface area contributed by atoms with Crippen molar-refractivity contribution < 1.29 is 27.8 Å². The first-order chi connectivity index (χ1) is 11.2. The van der Waals surface area contributed by atoms with Crippen LogP contribution >= 0.6 is 0 Å². The second kappa shape index (κ2) is 6.98. The molecule has 8 heteroatoms. The van der Waals surface area contributed by atoms with Gasteiger partial charge in [-0.2, -0.15) is 13.2 Å². The largest absolute Gasteiger partial charge is 0.417 e. The van der Waals surface area contributed by atoms with Gasteiger partial charge >= 0.3 is 12.2 Å². The predicted octanol–water partition coefficient (Wildman–Crippen LogP) is 3.32. The van der Waals surface area contributed by atoms with E-state index in [1.54, 1.807) is 25.3 Å². The maximum absolute atomic E-state index is 12.8. The van der Waals surface area contributed by atoms with Gasteiger partial charge in [0.15, 0.2) is 5.60 Å². The highest BCUT2D eigenvalue weighted by atomic mass is 19.4. The predicted molar refractivity (Wildman–Crippen MR) is 82.7 cm³/mol. The van der Waals surface area contributed by atoms with Crippen molar-refractivity contribution in [2.45, 2.75) is 37.6 Å². The van der Waals surface area contributed by atoms with E-state index in [0.717, 1.165) is 5.56 Å². The molecule has 0 aromatic heterocycles. The Morgan fingerprint density at radius 3 is 2.54 bits per heavy atom. The minimum absolute atomic E-state index is 0.140. The quantitative estimate of drug-likeness (QED) is 0.883. The molecule has 1 aliphatic rings. The second-order valence-electron chi connectivity index (χ2n) is 5.95. The number of nitrogens with zero attached hydrogens (tertiary/aromatic N) is 1. The minimum Gasteiger partial charge on any atom is -0.380 e. The number of rotatable bonds is 3. The molecule has 1 heterocycles. The standard InChI is InChI=1S/C16H21F3N2O3/c1-11(24-2)12-4-3-5-13(10-12)20-14(22)21-8-6-15(23,7-9-21)16(17,18)19/h3-5,10-11,23H,6-9H2,1-2H3,(H,20,22). The van der Waals surface area contributed by atoms with Gasteiger partial charge in [-0.1, -0.05) is 12.1 Å². The highest BCUT2D eigenvalue weighted by Crippen LogP contribution is 2.38. The van der Waals surface area contributed by atoms with Gasteiger partial charge in [0.1, 0.15) is 0 Å². The van der Waals surface area contributed by atoms with Gasteiger partial charge in [0.2, 0.25) is 0 Å². The summed E-state index contributed by atoms with van der Waals surface area (Å²) in [6.45, 7) is 1.55. The monoisotopic (exact) mass is 346 g/mol. The zero-order valence-corrected chi connectivity index (χ0v) is 13.6. The number of alkyl halides is 3. The van der Waals surface area contributed by atoms with E-state index in [-0.39, 0.29) is 19.2 Å². The van der Waals surface area contributed by atoms with Crippen LogP contribution in [0.5, 0.6) is 0 Å². The van der Waals surface area contributed by atoms with Crippen LogP contribution in [0.15, 0.2) is 24.3 Å². The number of likely N-dealkylation sites (tertiary alicyclic amines) is 1. The molecule has 1 atom stereocenters. The van der Waals surface area contributed by atoms with Crippen molar-refractivity contribution in [3.05, 3.63) is 29.8 Å². The van der Waals surface area contributed by atoms with Gasteiger partial charge in [0.05, 0.1) is 6.10 Å². The summed E-state index contributed by atoms with van der Waals surface area (Å²) in [5.41, 5.74) is -1.30. The van der Waals surface area contributed by atoms with Gasteiger partial charge in [0, 0.05) is 38.7 Å². The number of aliphatic hydroxyl groups is 1. The molecule has 0 aliphatic carbocycles. The van der Waals surface area contributed by atoms with Crippen LogP contribution in [0, 0.1) is 0 Å². The molecule has 0 spiro atoms. The zero-order chi connectivity index (χ0) is 18.0. The van der Waals surface area contributed by atoms with Crippen molar-refractivity contribution >= 4 is 11.7 Å². The van der Waals surface area contributed by atoms with Crippen LogP contribution in [0.4, 0.5) is 23.7 Å². The average molecular weight is 346 g/mol. The molecular weight excluding hydrogens is 325 g/mol. The molecule has 1 aromatic rings. The number of ether oxygens (including phenoxy) is 1. The molecule has 5 nitrogen and oxygen atoms in total. The Balaban J connectivity index is 1.97. The van der Waals surface area contributed by atoms with Gasteiger partial charge < -0.3 is 20.1 Å². The Hall–Kier alpha value is -1.80. The number of amides is 2. The fourth-order valence-corrected chi connectivity index (χ4v) is 2.57. The molecule has 24 heavy (non-hydrogen) atoms. The minimum atomic E-state index is -4.68. The van der Waals surface area contributed by atoms with E-state index >= 15 is 0 Å². The summed E-state index contributed by atoms with van der Waals surface area (Å²) in [7, 11) is 1.57. The third kappa shape index (κ3) is 3.99. The molecule has 1 unspecified atom stereocenters. The smallest absolute Gasteiger partial charge is 0.380 e. The number of methoxy groups -OCH3 is 1. The van der Waals surface area contributed by atoms with Crippen molar-refractivity contribution in [1.29, 1.82) is 0 Å². The van der Waals surface area contributed by atoms with Crippen molar-refractivity contribution in [2.24, 2.45) is 0 Å². The molecule has 1 fully saturated rings. The van der Waals surface area contributed by atoms with Gasteiger partial charge in [-0.3, -0.25) is 0 Å². The Kier molecular flexibility index (Phi) is 5.39. The van der Waals surface area contributed by atoms with Gasteiger partial charge in [-0.05, 0) is 24.6 Å². The van der Waals surface area contributed by atoms with Gasteiger partial charge in [-0.25, -0.2) is 4.79 Å². The first-order valence-electron chi connectivity index (χ1n) is 7.64. The fourth-order valence-electron chi connectivity index (χ4n) is 2.57. The number of piperidine rings is 1. The van der Waals surface area contributed by atoms with E-state index in [4.69, 9.17) is 4.74 Å². The SMILES string of the molecule is COC(C)c1cccc(NC(=O)N2CCC(O)(C(F)(F)F)CC2)c1. The lowest BCUT2D eigenvalue weighted by Gasteiger charge is -2.39. The molecule has 1 aromatic carbocycles. The molecule has 0 saturated carbocycles. The van der Waals surface area contributed by atoms with Crippen LogP contribution in [0.1, 0.15) is 31.4 Å². The van der Waals surface area contributed by atoms with Crippen LogP contribution < -0.4 is 5.32 Å². The van der Waals surface area contributed by atoms with Crippen molar-refractivity contribution in [3.63, 3.8) is 0 Å². The molecule has 2 N–H and O–H groups in total. The molecule has 1 aliphatic heterocycles. The van der Waals surface area contributed by atoms with E-state index < -0.39 is 30.7 Å². The summed E-state index contributed by atoms with van der Waals surface area (Å²) in [5, 5.41) is 12.3. The normalized spacial score (nSPS) is 19.0. The van der Waals surface area contributed by atoms with Crippen LogP contribution in [0.25, 0.3) is 0 Å². The Morgan fingerprint density at radius 1 is 1.38 bits per heavy atom.